The Labute approximate surface area is 125 Å². The van der Waals surface area contributed by atoms with Crippen molar-refractivity contribution in [2.45, 2.75) is 12.8 Å². The number of hydrogen-bond donors (Lipinski definition) is 3. The van der Waals surface area contributed by atoms with E-state index in [4.69, 9.17) is 10.8 Å². The topological polar surface area (TPSA) is 134 Å². The maximum atomic E-state index is 11.5. The molecule has 1 saturated heterocycles. The predicted molar refractivity (Wildman–Crippen MR) is 76.9 cm³/mol. The van der Waals surface area contributed by atoms with Gasteiger partial charge in [0.1, 0.15) is 0 Å². The van der Waals surface area contributed by atoms with Gasteiger partial charge in [0.05, 0.1) is 23.4 Å². The van der Waals surface area contributed by atoms with Crippen LogP contribution in [0.4, 0.5) is 11.6 Å². The highest BCUT2D eigenvalue weighted by molar-refractivity contribution is 5.95. The number of aromatic nitrogens is 3. The fraction of sp³-hybridized carbons (Fsp3) is 0.385. The minimum absolute atomic E-state index is 0.0677. The van der Waals surface area contributed by atoms with E-state index in [1.165, 1.54) is 10.6 Å². The number of nitrogens with zero attached hydrogens (tertiary/aromatic N) is 4. The second-order valence-electron chi connectivity index (χ2n) is 5.25. The van der Waals surface area contributed by atoms with Crippen LogP contribution in [0.25, 0.3) is 5.65 Å². The van der Waals surface area contributed by atoms with Gasteiger partial charge in [-0.05, 0) is 18.9 Å². The lowest BCUT2D eigenvalue weighted by atomic mass is 9.96. The van der Waals surface area contributed by atoms with Crippen molar-refractivity contribution in [1.82, 2.24) is 14.6 Å². The number of piperidine rings is 1. The first-order chi connectivity index (χ1) is 10.5. The maximum absolute atomic E-state index is 11.5. The van der Waals surface area contributed by atoms with E-state index in [-0.39, 0.29) is 17.4 Å². The van der Waals surface area contributed by atoms with Crippen molar-refractivity contribution in [3.8, 4) is 0 Å². The smallest absolute Gasteiger partial charge is 0.338 e. The Bertz CT molecular complexity index is 748. The third kappa shape index (κ3) is 2.41. The monoisotopic (exact) mass is 305 g/mol. The number of carboxylic acids is 2. The Morgan fingerprint density at radius 2 is 1.95 bits per heavy atom. The number of carboxylic acid groups (broad SMARTS) is 2. The number of rotatable bonds is 3. The maximum Gasteiger partial charge on any atom is 0.338 e. The third-order valence-corrected chi connectivity index (χ3v) is 3.88. The van der Waals surface area contributed by atoms with Gasteiger partial charge in [0.25, 0.3) is 0 Å². The molecule has 0 unspecified atom stereocenters. The van der Waals surface area contributed by atoms with Crippen molar-refractivity contribution in [3.05, 3.63) is 17.8 Å². The largest absolute Gasteiger partial charge is 0.481 e. The summed E-state index contributed by atoms with van der Waals surface area (Å²) in [7, 11) is 0. The van der Waals surface area contributed by atoms with Crippen molar-refractivity contribution >= 4 is 29.2 Å². The van der Waals surface area contributed by atoms with E-state index < -0.39 is 11.9 Å². The van der Waals surface area contributed by atoms with E-state index in [1.54, 1.807) is 6.20 Å². The lowest BCUT2D eigenvalue weighted by Gasteiger charge is -2.32. The zero-order valence-corrected chi connectivity index (χ0v) is 11.6. The molecule has 0 aliphatic carbocycles. The lowest BCUT2D eigenvalue weighted by Crippen LogP contribution is -2.37. The summed E-state index contributed by atoms with van der Waals surface area (Å²) in [5.41, 5.74) is 6.49. The van der Waals surface area contributed by atoms with Crippen LogP contribution in [0.1, 0.15) is 23.2 Å². The van der Waals surface area contributed by atoms with Crippen LogP contribution in [0.15, 0.2) is 12.3 Å². The molecule has 0 radical (unpaired) electrons. The molecule has 9 nitrogen and oxygen atoms in total. The summed E-state index contributed by atoms with van der Waals surface area (Å²) >= 11 is 0. The number of nitrogens with two attached hydrogens (primary N) is 1. The molecular formula is C13H15N5O4. The van der Waals surface area contributed by atoms with Gasteiger partial charge in [0, 0.05) is 13.1 Å². The Morgan fingerprint density at radius 1 is 1.27 bits per heavy atom. The van der Waals surface area contributed by atoms with Gasteiger partial charge in [-0.3, -0.25) is 4.79 Å². The molecule has 0 bridgehead atoms. The number of nitrogen functional groups attached to an aromatic ring is 1. The molecule has 3 heterocycles. The highest BCUT2D eigenvalue weighted by atomic mass is 16.4. The molecule has 0 spiro atoms. The molecule has 0 saturated carbocycles. The molecule has 22 heavy (non-hydrogen) atoms. The number of aliphatic carboxylic acids is 1. The van der Waals surface area contributed by atoms with Crippen molar-refractivity contribution in [2.75, 3.05) is 23.7 Å². The molecular weight excluding hydrogens is 290 g/mol. The Morgan fingerprint density at radius 3 is 2.55 bits per heavy atom. The van der Waals surface area contributed by atoms with Crippen LogP contribution in [0, 0.1) is 5.92 Å². The van der Waals surface area contributed by atoms with Crippen molar-refractivity contribution < 1.29 is 19.8 Å². The number of fused-ring (bicyclic) bond motifs is 1. The number of anilines is 2. The van der Waals surface area contributed by atoms with Crippen LogP contribution >= 0.6 is 0 Å². The molecule has 116 valence electrons. The fourth-order valence-electron chi connectivity index (χ4n) is 2.73. The lowest BCUT2D eigenvalue weighted by molar-refractivity contribution is -0.142. The summed E-state index contributed by atoms with van der Waals surface area (Å²) in [5, 5.41) is 22.4. The van der Waals surface area contributed by atoms with E-state index >= 15 is 0 Å². The summed E-state index contributed by atoms with van der Waals surface area (Å²) in [6.45, 7) is 0.958. The van der Waals surface area contributed by atoms with Gasteiger partial charge >= 0.3 is 11.9 Å². The molecule has 0 amide bonds. The SMILES string of the molecule is Nc1nc2cc(C(=O)O)c(N3CCC(C(=O)O)CC3)cn2n1. The Balaban J connectivity index is 1.97. The van der Waals surface area contributed by atoms with Gasteiger partial charge in [-0.2, -0.15) is 4.98 Å². The molecule has 2 aromatic rings. The molecule has 4 N–H and O–H groups in total. The average molecular weight is 305 g/mol. The first-order valence-electron chi connectivity index (χ1n) is 6.82. The quantitative estimate of drug-likeness (QED) is 0.737. The molecule has 9 heteroatoms. The molecule has 1 fully saturated rings. The number of pyridine rings is 1. The van der Waals surface area contributed by atoms with E-state index in [9.17, 15) is 14.7 Å². The standard InChI is InChI=1S/C13H15N5O4/c14-13-15-10-5-8(12(21)22)9(6-18(10)16-13)17-3-1-7(2-4-17)11(19)20/h5-7H,1-4H2,(H2,14,16)(H,19,20)(H,21,22). The molecule has 1 aliphatic rings. The third-order valence-electron chi connectivity index (χ3n) is 3.88. The normalized spacial score (nSPS) is 16.1. The van der Waals surface area contributed by atoms with Crippen LogP contribution in [0.2, 0.25) is 0 Å². The number of hydrogen-bond acceptors (Lipinski definition) is 6. The molecule has 2 aromatic heterocycles. The van der Waals surface area contributed by atoms with E-state index in [0.717, 1.165) is 0 Å². The van der Waals surface area contributed by atoms with Gasteiger partial charge in [0.15, 0.2) is 5.65 Å². The van der Waals surface area contributed by atoms with Gasteiger partial charge in [-0.15, -0.1) is 5.10 Å². The minimum atomic E-state index is -1.07. The van der Waals surface area contributed by atoms with Crippen molar-refractivity contribution in [2.24, 2.45) is 5.92 Å². The van der Waals surface area contributed by atoms with E-state index in [1.807, 2.05) is 4.90 Å². The average Bonchev–Trinajstić information content (AvgIpc) is 2.85. The molecule has 0 aromatic carbocycles. The molecule has 0 atom stereocenters. The fourth-order valence-corrected chi connectivity index (χ4v) is 2.73. The van der Waals surface area contributed by atoms with Crippen LogP contribution in [0.3, 0.4) is 0 Å². The van der Waals surface area contributed by atoms with Gasteiger partial charge in [-0.1, -0.05) is 0 Å². The summed E-state index contributed by atoms with van der Waals surface area (Å²) in [5.74, 6) is -2.19. The Hall–Kier alpha value is -2.84. The summed E-state index contributed by atoms with van der Waals surface area (Å²) < 4.78 is 1.43. The second kappa shape index (κ2) is 5.17. The van der Waals surface area contributed by atoms with Crippen LogP contribution in [-0.4, -0.2) is 49.8 Å². The highest BCUT2D eigenvalue weighted by Gasteiger charge is 2.27. The van der Waals surface area contributed by atoms with Crippen LogP contribution in [0.5, 0.6) is 0 Å². The first-order valence-corrected chi connectivity index (χ1v) is 6.82. The van der Waals surface area contributed by atoms with Crippen LogP contribution < -0.4 is 10.6 Å². The highest BCUT2D eigenvalue weighted by Crippen LogP contribution is 2.27. The molecule has 1 aliphatic heterocycles. The summed E-state index contributed by atoms with van der Waals surface area (Å²) in [4.78, 5) is 28.3. The van der Waals surface area contributed by atoms with E-state index in [0.29, 0.717) is 37.3 Å². The van der Waals surface area contributed by atoms with E-state index in [2.05, 4.69) is 10.1 Å². The minimum Gasteiger partial charge on any atom is -0.481 e. The van der Waals surface area contributed by atoms with Crippen LogP contribution in [-0.2, 0) is 4.79 Å². The number of aromatic carboxylic acids is 1. The zero-order valence-electron chi connectivity index (χ0n) is 11.6. The van der Waals surface area contributed by atoms with Gasteiger partial charge < -0.3 is 20.8 Å². The summed E-state index contributed by atoms with van der Waals surface area (Å²) in [6.07, 6.45) is 2.53. The van der Waals surface area contributed by atoms with Crippen molar-refractivity contribution in [1.29, 1.82) is 0 Å². The van der Waals surface area contributed by atoms with Crippen molar-refractivity contribution in [3.63, 3.8) is 0 Å². The molecule has 3 rings (SSSR count). The zero-order chi connectivity index (χ0) is 15.9. The Kier molecular flexibility index (Phi) is 3.32. The van der Waals surface area contributed by atoms with Gasteiger partial charge in [-0.25, -0.2) is 9.31 Å². The summed E-state index contributed by atoms with van der Waals surface area (Å²) in [6, 6.07) is 1.42. The predicted octanol–water partition coefficient (Wildman–Crippen LogP) is 0.311. The first kappa shape index (κ1) is 14.1. The van der Waals surface area contributed by atoms with Gasteiger partial charge in [0.2, 0.25) is 5.95 Å². The number of carbonyl (C=O) groups is 2. The second-order valence-corrected chi connectivity index (χ2v) is 5.25.